The first-order valence-electron chi connectivity index (χ1n) is 7.29. The maximum absolute atomic E-state index is 12.5. The Balaban J connectivity index is 1.55. The molecule has 5 nitrogen and oxygen atoms in total. The topological polar surface area (TPSA) is 66.5 Å². The van der Waals surface area contributed by atoms with E-state index in [1.54, 1.807) is 0 Å². The van der Waals surface area contributed by atoms with Gasteiger partial charge in [0.2, 0.25) is 0 Å². The van der Waals surface area contributed by atoms with Crippen LogP contribution in [0.3, 0.4) is 0 Å². The van der Waals surface area contributed by atoms with Crippen LogP contribution in [0.15, 0.2) is 30.4 Å². The number of benzene rings is 1. The number of nitrogens with zero attached hydrogens (tertiary/aromatic N) is 1. The van der Waals surface area contributed by atoms with E-state index in [2.05, 4.69) is 5.43 Å². The van der Waals surface area contributed by atoms with Crippen molar-refractivity contribution >= 4 is 40.9 Å². The van der Waals surface area contributed by atoms with Crippen LogP contribution in [-0.2, 0) is 9.59 Å². The van der Waals surface area contributed by atoms with Gasteiger partial charge in [-0.05, 0) is 36.5 Å². The fraction of sp³-hybridized carbons (Fsp3) is 0.312. The van der Waals surface area contributed by atoms with Crippen LogP contribution in [0.5, 0.6) is 0 Å². The molecule has 3 amide bonds. The van der Waals surface area contributed by atoms with E-state index in [0.29, 0.717) is 5.02 Å². The summed E-state index contributed by atoms with van der Waals surface area (Å²) in [6, 6.07) is 4.38. The number of imide groups is 1. The Morgan fingerprint density at radius 2 is 1.65 bits per heavy atom. The fourth-order valence-electron chi connectivity index (χ4n) is 3.82. The number of fused-ring (bicyclic) bond motifs is 5. The van der Waals surface area contributed by atoms with Crippen molar-refractivity contribution in [3.8, 4) is 0 Å². The highest BCUT2D eigenvalue weighted by atomic mass is 35.5. The Morgan fingerprint density at radius 1 is 1.04 bits per heavy atom. The van der Waals surface area contributed by atoms with Gasteiger partial charge >= 0.3 is 0 Å². The fourth-order valence-corrected chi connectivity index (χ4v) is 4.11. The normalized spacial score (nSPS) is 31.0. The maximum atomic E-state index is 12.5. The number of halogens is 2. The molecule has 7 heteroatoms. The lowest BCUT2D eigenvalue weighted by molar-refractivity contribution is -0.143. The molecule has 4 rings (SSSR count). The second-order valence-corrected chi connectivity index (χ2v) is 6.90. The van der Waals surface area contributed by atoms with Crippen molar-refractivity contribution < 1.29 is 14.4 Å². The second kappa shape index (κ2) is 5.08. The molecule has 2 bridgehead atoms. The molecule has 1 saturated heterocycles. The molecular formula is C16H12Cl2N2O3. The van der Waals surface area contributed by atoms with E-state index >= 15 is 0 Å². The monoisotopic (exact) mass is 350 g/mol. The van der Waals surface area contributed by atoms with Gasteiger partial charge in [-0.25, -0.2) is 0 Å². The molecule has 1 aromatic rings. The van der Waals surface area contributed by atoms with Crippen LogP contribution in [0.25, 0.3) is 0 Å². The van der Waals surface area contributed by atoms with E-state index in [9.17, 15) is 14.4 Å². The Bertz CT molecular complexity index is 747. The molecule has 1 heterocycles. The van der Waals surface area contributed by atoms with Crippen LogP contribution >= 0.6 is 23.2 Å². The van der Waals surface area contributed by atoms with Gasteiger partial charge < -0.3 is 0 Å². The molecule has 1 aliphatic heterocycles. The van der Waals surface area contributed by atoms with Gasteiger partial charge in [0.25, 0.3) is 17.7 Å². The lowest BCUT2D eigenvalue weighted by Gasteiger charge is -2.18. The van der Waals surface area contributed by atoms with Crippen molar-refractivity contribution in [3.05, 3.63) is 46.0 Å². The zero-order chi connectivity index (χ0) is 16.3. The van der Waals surface area contributed by atoms with Crippen molar-refractivity contribution in [2.24, 2.45) is 23.7 Å². The Kier molecular flexibility index (Phi) is 3.25. The Morgan fingerprint density at radius 3 is 2.22 bits per heavy atom. The molecule has 4 atom stereocenters. The van der Waals surface area contributed by atoms with Crippen LogP contribution in [-0.4, -0.2) is 22.7 Å². The Hall–Kier alpha value is -1.85. The molecule has 3 aliphatic rings. The third-order valence-corrected chi connectivity index (χ3v) is 5.60. The third kappa shape index (κ3) is 2.11. The summed E-state index contributed by atoms with van der Waals surface area (Å²) in [6.45, 7) is 0. The van der Waals surface area contributed by atoms with E-state index in [4.69, 9.17) is 23.2 Å². The number of hydrogen-bond donors (Lipinski definition) is 1. The SMILES string of the molecule is O=C(NN1C(=O)[C@H]2[C@H](C1=O)[C@H]1C=C[C@@H]2C1)c1ccc(Cl)c(Cl)c1. The summed E-state index contributed by atoms with van der Waals surface area (Å²) in [6.07, 6.45) is 4.85. The van der Waals surface area contributed by atoms with E-state index in [1.807, 2.05) is 12.2 Å². The maximum Gasteiger partial charge on any atom is 0.270 e. The minimum absolute atomic E-state index is 0.105. The van der Waals surface area contributed by atoms with Crippen molar-refractivity contribution in [1.29, 1.82) is 0 Å². The first kappa shape index (κ1) is 14.7. The molecule has 1 N–H and O–H groups in total. The van der Waals surface area contributed by atoms with Crippen molar-refractivity contribution in [1.82, 2.24) is 10.4 Å². The van der Waals surface area contributed by atoms with Crippen LogP contribution in [0, 0.1) is 23.7 Å². The number of allylic oxidation sites excluding steroid dienone is 2. The van der Waals surface area contributed by atoms with Crippen LogP contribution in [0.2, 0.25) is 10.0 Å². The lowest BCUT2D eigenvalue weighted by Crippen LogP contribution is -2.47. The molecule has 118 valence electrons. The van der Waals surface area contributed by atoms with E-state index in [-0.39, 0.29) is 46.1 Å². The molecule has 1 saturated carbocycles. The van der Waals surface area contributed by atoms with E-state index in [0.717, 1.165) is 11.4 Å². The summed E-state index contributed by atoms with van der Waals surface area (Å²) in [5.41, 5.74) is 2.64. The summed E-state index contributed by atoms with van der Waals surface area (Å²) < 4.78 is 0. The zero-order valence-electron chi connectivity index (χ0n) is 11.8. The zero-order valence-corrected chi connectivity index (χ0v) is 13.3. The number of carbonyl (C=O) groups excluding carboxylic acids is 3. The Labute approximate surface area is 142 Å². The van der Waals surface area contributed by atoms with Crippen LogP contribution in [0.4, 0.5) is 0 Å². The summed E-state index contributed by atoms with van der Waals surface area (Å²) in [4.78, 5) is 37.2. The molecule has 0 spiro atoms. The predicted octanol–water partition coefficient (Wildman–Crippen LogP) is 2.45. The van der Waals surface area contributed by atoms with Gasteiger partial charge in [0.05, 0.1) is 21.9 Å². The van der Waals surface area contributed by atoms with Gasteiger partial charge in [-0.15, -0.1) is 0 Å². The molecule has 1 aromatic carbocycles. The minimum Gasteiger partial charge on any atom is -0.272 e. The average molecular weight is 351 g/mol. The van der Waals surface area contributed by atoms with Crippen molar-refractivity contribution in [2.75, 3.05) is 0 Å². The molecule has 0 radical (unpaired) electrons. The molecule has 2 fully saturated rings. The van der Waals surface area contributed by atoms with Gasteiger partial charge in [0.1, 0.15) is 0 Å². The molecule has 23 heavy (non-hydrogen) atoms. The van der Waals surface area contributed by atoms with Crippen LogP contribution < -0.4 is 5.43 Å². The lowest BCUT2D eigenvalue weighted by atomic mass is 9.85. The minimum atomic E-state index is -0.564. The first-order valence-corrected chi connectivity index (χ1v) is 8.05. The van der Waals surface area contributed by atoms with Gasteiger partial charge in [0.15, 0.2) is 0 Å². The number of rotatable bonds is 2. The molecule has 0 aromatic heterocycles. The smallest absolute Gasteiger partial charge is 0.270 e. The van der Waals surface area contributed by atoms with Crippen LogP contribution in [0.1, 0.15) is 16.8 Å². The number of amides is 3. The van der Waals surface area contributed by atoms with Gasteiger partial charge in [-0.2, -0.15) is 5.01 Å². The van der Waals surface area contributed by atoms with Gasteiger partial charge in [-0.1, -0.05) is 35.4 Å². The van der Waals surface area contributed by atoms with E-state index in [1.165, 1.54) is 18.2 Å². The first-order chi connectivity index (χ1) is 11.0. The third-order valence-electron chi connectivity index (χ3n) is 4.87. The highest BCUT2D eigenvalue weighted by Gasteiger charge is 2.59. The number of nitrogens with one attached hydrogen (secondary N) is 1. The average Bonchev–Trinajstić information content (AvgIpc) is 3.19. The standard InChI is InChI=1S/C16H12Cl2N2O3/c17-10-4-3-9(6-11(10)18)14(21)19-20-15(22)12-7-1-2-8(5-7)13(12)16(20)23/h1-4,6-8,12-13H,5H2,(H,19,21)/t7-,8+,12-,13-/m1/s1. The summed E-state index contributed by atoms with van der Waals surface area (Å²) in [5.74, 6) is -1.69. The molecule has 0 unspecified atom stereocenters. The molecule has 2 aliphatic carbocycles. The summed E-state index contributed by atoms with van der Waals surface area (Å²) in [5, 5.41) is 1.43. The summed E-state index contributed by atoms with van der Waals surface area (Å²) >= 11 is 11.7. The van der Waals surface area contributed by atoms with E-state index < -0.39 is 5.91 Å². The number of hydrogen-bond acceptors (Lipinski definition) is 3. The predicted molar refractivity (Wildman–Crippen MR) is 83.5 cm³/mol. The van der Waals surface area contributed by atoms with Crippen molar-refractivity contribution in [2.45, 2.75) is 6.42 Å². The highest BCUT2D eigenvalue weighted by Crippen LogP contribution is 2.52. The number of hydrazine groups is 1. The van der Waals surface area contributed by atoms with Crippen molar-refractivity contribution in [3.63, 3.8) is 0 Å². The highest BCUT2D eigenvalue weighted by molar-refractivity contribution is 6.42. The molecular weight excluding hydrogens is 339 g/mol. The van der Waals surface area contributed by atoms with Gasteiger partial charge in [-0.3, -0.25) is 19.8 Å². The largest absolute Gasteiger partial charge is 0.272 e. The second-order valence-electron chi connectivity index (χ2n) is 6.08. The summed E-state index contributed by atoms with van der Waals surface area (Å²) in [7, 11) is 0. The van der Waals surface area contributed by atoms with Gasteiger partial charge in [0, 0.05) is 5.56 Å². The number of carbonyl (C=O) groups is 3. The quantitative estimate of drug-likeness (QED) is 0.658.